The van der Waals surface area contributed by atoms with E-state index in [0.29, 0.717) is 33.3 Å². The largest absolute Gasteiger partial charge is 0.494 e. The monoisotopic (exact) mass is 540 g/mol. The molecule has 0 aliphatic carbocycles. The molecule has 1 N–H and O–H groups in total. The molecule has 0 spiro atoms. The Morgan fingerprint density at radius 3 is 2.61 bits per heavy atom. The number of hydrogen-bond acceptors (Lipinski definition) is 7. The lowest BCUT2D eigenvalue weighted by atomic mass is 10.1. The SMILES string of the molecule is CCOc1ccc(-n2c(SCC(=O)NN=C(C)c3ccc(Cl)c(Cl)c3)nnc2-c2cccnc2)cc1. The molecule has 184 valence electrons. The first kappa shape index (κ1) is 25.7. The molecule has 0 aliphatic rings. The molecule has 2 aromatic carbocycles. The van der Waals surface area contributed by atoms with Gasteiger partial charge < -0.3 is 4.74 Å². The summed E-state index contributed by atoms with van der Waals surface area (Å²) >= 11 is 13.3. The van der Waals surface area contributed by atoms with Crippen molar-refractivity contribution in [1.29, 1.82) is 0 Å². The van der Waals surface area contributed by atoms with Gasteiger partial charge >= 0.3 is 0 Å². The average molecular weight is 541 g/mol. The Labute approximate surface area is 222 Å². The zero-order chi connectivity index (χ0) is 25.5. The number of rotatable bonds is 9. The number of halogens is 2. The number of carbonyl (C=O) groups is 1. The molecule has 2 aromatic heterocycles. The third-order valence-corrected chi connectivity index (χ3v) is 6.65. The van der Waals surface area contributed by atoms with E-state index < -0.39 is 0 Å². The molecule has 4 aromatic rings. The second-order valence-electron chi connectivity index (χ2n) is 7.46. The van der Waals surface area contributed by atoms with Crippen LogP contribution in [0.2, 0.25) is 10.0 Å². The van der Waals surface area contributed by atoms with Gasteiger partial charge in [0.05, 0.1) is 28.1 Å². The second-order valence-corrected chi connectivity index (χ2v) is 9.22. The molecule has 36 heavy (non-hydrogen) atoms. The molecule has 1 amide bonds. The Morgan fingerprint density at radius 2 is 1.92 bits per heavy atom. The number of carbonyl (C=O) groups excluding carboxylic acids is 1. The molecule has 0 bridgehead atoms. The minimum Gasteiger partial charge on any atom is -0.494 e. The Morgan fingerprint density at radius 1 is 1.11 bits per heavy atom. The number of aromatic nitrogens is 4. The van der Waals surface area contributed by atoms with Crippen molar-refractivity contribution < 1.29 is 9.53 Å². The zero-order valence-corrected chi connectivity index (χ0v) is 21.8. The van der Waals surface area contributed by atoms with Crippen LogP contribution in [-0.4, -0.2) is 43.7 Å². The van der Waals surface area contributed by atoms with Crippen molar-refractivity contribution in [2.75, 3.05) is 12.4 Å². The standard InChI is InChI=1S/C25H22Cl2N6O2S/c1-3-35-20-9-7-19(8-10-20)33-24(18-5-4-12-28-14-18)31-32-25(33)36-15-23(34)30-29-16(2)17-6-11-21(26)22(27)13-17/h4-14H,3,15H2,1-2H3,(H,30,34). The van der Waals surface area contributed by atoms with Crippen LogP contribution in [0.15, 0.2) is 77.2 Å². The quantitative estimate of drug-likeness (QED) is 0.167. The van der Waals surface area contributed by atoms with E-state index >= 15 is 0 Å². The molecular weight excluding hydrogens is 519 g/mol. The Balaban J connectivity index is 1.52. The molecular formula is C25H22Cl2N6O2S. The fourth-order valence-corrected chi connectivity index (χ4v) is 4.27. The van der Waals surface area contributed by atoms with Crippen LogP contribution in [0, 0.1) is 0 Å². The zero-order valence-electron chi connectivity index (χ0n) is 19.5. The number of thioether (sulfide) groups is 1. The van der Waals surface area contributed by atoms with E-state index in [2.05, 4.69) is 25.7 Å². The molecule has 2 heterocycles. The van der Waals surface area contributed by atoms with Crippen LogP contribution >= 0.6 is 35.0 Å². The molecule has 11 heteroatoms. The number of hydrogen-bond donors (Lipinski definition) is 1. The summed E-state index contributed by atoms with van der Waals surface area (Å²) in [6.07, 6.45) is 3.42. The second kappa shape index (κ2) is 12.0. The van der Waals surface area contributed by atoms with Crippen LogP contribution in [0.3, 0.4) is 0 Å². The Hall–Kier alpha value is -3.40. The summed E-state index contributed by atoms with van der Waals surface area (Å²) in [5, 5.41) is 14.3. The van der Waals surface area contributed by atoms with Gasteiger partial charge in [-0.25, -0.2) is 5.43 Å². The molecule has 4 rings (SSSR count). The fraction of sp³-hybridized carbons (Fsp3) is 0.160. The fourth-order valence-electron chi connectivity index (χ4n) is 3.23. The summed E-state index contributed by atoms with van der Waals surface area (Å²) in [7, 11) is 0. The molecule has 0 unspecified atom stereocenters. The van der Waals surface area contributed by atoms with Gasteiger partial charge in [-0.1, -0.05) is 41.0 Å². The van der Waals surface area contributed by atoms with Gasteiger partial charge in [0.15, 0.2) is 11.0 Å². The maximum absolute atomic E-state index is 12.5. The van der Waals surface area contributed by atoms with Crippen LogP contribution in [0.5, 0.6) is 5.75 Å². The van der Waals surface area contributed by atoms with E-state index in [-0.39, 0.29) is 11.7 Å². The van der Waals surface area contributed by atoms with Crippen LogP contribution in [0.25, 0.3) is 17.1 Å². The van der Waals surface area contributed by atoms with Gasteiger partial charge in [-0.3, -0.25) is 14.3 Å². The number of amides is 1. The number of pyridine rings is 1. The third kappa shape index (κ3) is 6.23. The first-order valence-electron chi connectivity index (χ1n) is 11.0. The van der Waals surface area contributed by atoms with Crippen molar-refractivity contribution in [2.24, 2.45) is 5.10 Å². The van der Waals surface area contributed by atoms with Crippen molar-refractivity contribution >= 4 is 46.6 Å². The highest BCUT2D eigenvalue weighted by Crippen LogP contribution is 2.28. The minimum absolute atomic E-state index is 0.0837. The van der Waals surface area contributed by atoms with E-state index in [1.165, 1.54) is 11.8 Å². The number of nitrogens with zero attached hydrogens (tertiary/aromatic N) is 5. The molecule has 0 saturated carbocycles. The van der Waals surface area contributed by atoms with Gasteiger partial charge in [-0.05, 0) is 67.9 Å². The predicted molar refractivity (Wildman–Crippen MR) is 143 cm³/mol. The van der Waals surface area contributed by atoms with Crippen molar-refractivity contribution in [3.05, 3.63) is 82.6 Å². The van der Waals surface area contributed by atoms with Crippen LogP contribution in [0.1, 0.15) is 19.4 Å². The summed E-state index contributed by atoms with van der Waals surface area (Å²) in [5.41, 5.74) is 5.57. The van der Waals surface area contributed by atoms with Crippen molar-refractivity contribution in [1.82, 2.24) is 25.2 Å². The van der Waals surface area contributed by atoms with Gasteiger partial charge in [0, 0.05) is 23.6 Å². The lowest BCUT2D eigenvalue weighted by Crippen LogP contribution is -2.21. The molecule has 0 saturated heterocycles. The van der Waals surface area contributed by atoms with Crippen LogP contribution in [-0.2, 0) is 4.79 Å². The maximum atomic E-state index is 12.5. The summed E-state index contributed by atoms with van der Waals surface area (Å²) in [6, 6.07) is 16.5. The summed E-state index contributed by atoms with van der Waals surface area (Å²) in [5.74, 6) is 1.17. The summed E-state index contributed by atoms with van der Waals surface area (Å²) in [6.45, 7) is 4.29. The Kier molecular flexibility index (Phi) is 8.58. The number of benzene rings is 2. The molecule has 0 aliphatic heterocycles. The number of hydrazone groups is 1. The highest BCUT2D eigenvalue weighted by atomic mass is 35.5. The maximum Gasteiger partial charge on any atom is 0.250 e. The summed E-state index contributed by atoms with van der Waals surface area (Å²) < 4.78 is 7.44. The van der Waals surface area contributed by atoms with Crippen molar-refractivity contribution in [3.63, 3.8) is 0 Å². The highest BCUT2D eigenvalue weighted by Gasteiger charge is 2.17. The van der Waals surface area contributed by atoms with Crippen LogP contribution < -0.4 is 10.2 Å². The van der Waals surface area contributed by atoms with Gasteiger partial charge in [0.25, 0.3) is 5.91 Å². The number of nitrogens with one attached hydrogen (secondary N) is 1. The van der Waals surface area contributed by atoms with Gasteiger partial charge in [-0.2, -0.15) is 5.10 Å². The lowest BCUT2D eigenvalue weighted by Gasteiger charge is -2.11. The van der Waals surface area contributed by atoms with Gasteiger partial charge in [-0.15, -0.1) is 10.2 Å². The highest BCUT2D eigenvalue weighted by molar-refractivity contribution is 7.99. The van der Waals surface area contributed by atoms with Crippen molar-refractivity contribution in [2.45, 2.75) is 19.0 Å². The van der Waals surface area contributed by atoms with E-state index in [1.807, 2.05) is 47.9 Å². The first-order chi connectivity index (χ1) is 17.5. The minimum atomic E-state index is -0.288. The van der Waals surface area contributed by atoms with Gasteiger partial charge in [0.1, 0.15) is 5.75 Å². The van der Waals surface area contributed by atoms with Gasteiger partial charge in [0.2, 0.25) is 0 Å². The average Bonchev–Trinajstić information content (AvgIpc) is 3.33. The number of ether oxygens (including phenoxy) is 1. The molecule has 0 radical (unpaired) electrons. The molecule has 8 nitrogen and oxygen atoms in total. The van der Waals surface area contributed by atoms with E-state index in [9.17, 15) is 4.79 Å². The van der Waals surface area contributed by atoms with E-state index in [4.69, 9.17) is 27.9 Å². The Bertz CT molecular complexity index is 1380. The predicted octanol–water partition coefficient (Wildman–Crippen LogP) is 5.67. The normalized spacial score (nSPS) is 11.4. The van der Waals surface area contributed by atoms with E-state index in [0.717, 1.165) is 22.6 Å². The topological polar surface area (TPSA) is 94.3 Å². The first-order valence-corrected chi connectivity index (χ1v) is 12.7. The lowest BCUT2D eigenvalue weighted by molar-refractivity contribution is -0.118. The molecule has 0 fully saturated rings. The van der Waals surface area contributed by atoms with Crippen LogP contribution in [0.4, 0.5) is 0 Å². The smallest absolute Gasteiger partial charge is 0.250 e. The third-order valence-electron chi connectivity index (χ3n) is 4.98. The van der Waals surface area contributed by atoms with Crippen molar-refractivity contribution in [3.8, 4) is 22.8 Å². The van der Waals surface area contributed by atoms with E-state index in [1.54, 1.807) is 37.5 Å². The molecule has 0 atom stereocenters. The summed E-state index contributed by atoms with van der Waals surface area (Å²) in [4.78, 5) is 16.7.